The lowest BCUT2D eigenvalue weighted by Gasteiger charge is -2.19. The number of hydrogen-bond acceptors (Lipinski definition) is 3. The Bertz CT molecular complexity index is 700. The van der Waals surface area contributed by atoms with Crippen LogP contribution in [0.3, 0.4) is 0 Å². The standard InChI is InChI=1S/C16H16BrN3O/c17-14-9-12(3-5-13(14)16(18)21)20-11-4-6-15-10(8-11)2-1-7-19-15/h3-6,8-9,19-20H,1-2,7H2,(H2,18,21). The molecule has 0 aromatic heterocycles. The number of amides is 1. The van der Waals surface area contributed by atoms with Crippen molar-refractivity contribution in [3.63, 3.8) is 0 Å². The average molecular weight is 346 g/mol. The quantitative estimate of drug-likeness (QED) is 0.795. The minimum absolute atomic E-state index is 0.437. The number of rotatable bonds is 3. The van der Waals surface area contributed by atoms with E-state index in [1.54, 1.807) is 6.07 Å². The van der Waals surface area contributed by atoms with E-state index in [2.05, 4.69) is 38.7 Å². The molecule has 0 fully saturated rings. The third-order valence-corrected chi connectivity index (χ3v) is 4.22. The van der Waals surface area contributed by atoms with Crippen molar-refractivity contribution in [1.29, 1.82) is 0 Å². The van der Waals surface area contributed by atoms with E-state index in [0.717, 1.165) is 30.8 Å². The molecule has 1 amide bonds. The van der Waals surface area contributed by atoms with Gasteiger partial charge in [0.05, 0.1) is 5.56 Å². The van der Waals surface area contributed by atoms with Crippen LogP contribution in [0.2, 0.25) is 0 Å². The summed E-state index contributed by atoms with van der Waals surface area (Å²) < 4.78 is 0.694. The molecule has 2 aromatic rings. The summed E-state index contributed by atoms with van der Waals surface area (Å²) in [5, 5.41) is 6.75. The Labute approximate surface area is 131 Å². The van der Waals surface area contributed by atoms with E-state index >= 15 is 0 Å². The van der Waals surface area contributed by atoms with Gasteiger partial charge in [0.2, 0.25) is 5.91 Å². The van der Waals surface area contributed by atoms with E-state index in [9.17, 15) is 4.79 Å². The van der Waals surface area contributed by atoms with Gasteiger partial charge >= 0.3 is 0 Å². The third-order valence-electron chi connectivity index (χ3n) is 3.57. The summed E-state index contributed by atoms with van der Waals surface area (Å²) in [4.78, 5) is 11.2. The van der Waals surface area contributed by atoms with Gasteiger partial charge in [-0.3, -0.25) is 4.79 Å². The van der Waals surface area contributed by atoms with Gasteiger partial charge in [-0.1, -0.05) is 0 Å². The molecule has 0 atom stereocenters. The first-order valence-corrected chi connectivity index (χ1v) is 7.66. The Morgan fingerprint density at radius 2 is 1.95 bits per heavy atom. The predicted octanol–water partition coefficient (Wildman–Crippen LogP) is 3.65. The zero-order chi connectivity index (χ0) is 14.8. The molecule has 0 aliphatic carbocycles. The lowest BCUT2D eigenvalue weighted by Crippen LogP contribution is -2.12. The van der Waals surface area contributed by atoms with Crippen LogP contribution in [0.1, 0.15) is 22.3 Å². The van der Waals surface area contributed by atoms with Gasteiger partial charge in [-0.25, -0.2) is 0 Å². The van der Waals surface area contributed by atoms with E-state index in [0.29, 0.717) is 10.0 Å². The summed E-state index contributed by atoms with van der Waals surface area (Å²) in [6.45, 7) is 1.04. The zero-order valence-electron chi connectivity index (χ0n) is 11.4. The molecule has 4 N–H and O–H groups in total. The summed E-state index contributed by atoms with van der Waals surface area (Å²) >= 11 is 3.37. The summed E-state index contributed by atoms with van der Waals surface area (Å²) in [5.74, 6) is -0.437. The smallest absolute Gasteiger partial charge is 0.249 e. The molecule has 108 valence electrons. The zero-order valence-corrected chi connectivity index (χ0v) is 13.0. The van der Waals surface area contributed by atoms with Gasteiger partial charge in [0, 0.05) is 28.1 Å². The number of aryl methyl sites for hydroxylation is 1. The Hall–Kier alpha value is -2.01. The molecule has 3 rings (SSSR count). The molecule has 2 aromatic carbocycles. The number of nitrogens with one attached hydrogen (secondary N) is 2. The van der Waals surface area contributed by atoms with E-state index in [4.69, 9.17) is 5.73 Å². The molecule has 5 heteroatoms. The van der Waals surface area contributed by atoms with Crippen molar-refractivity contribution in [2.45, 2.75) is 12.8 Å². The first-order valence-electron chi connectivity index (χ1n) is 6.86. The maximum atomic E-state index is 11.2. The monoisotopic (exact) mass is 345 g/mol. The molecular formula is C16H16BrN3O. The summed E-state index contributed by atoms with van der Waals surface area (Å²) in [6.07, 6.45) is 2.26. The molecule has 0 unspecified atom stereocenters. The first-order chi connectivity index (χ1) is 10.1. The van der Waals surface area contributed by atoms with E-state index in [1.165, 1.54) is 11.3 Å². The maximum Gasteiger partial charge on any atom is 0.249 e. The second kappa shape index (κ2) is 5.77. The van der Waals surface area contributed by atoms with Crippen LogP contribution < -0.4 is 16.4 Å². The number of halogens is 1. The fourth-order valence-corrected chi connectivity index (χ4v) is 3.09. The van der Waals surface area contributed by atoms with Gasteiger partial charge < -0.3 is 16.4 Å². The average Bonchev–Trinajstić information content (AvgIpc) is 2.47. The number of benzene rings is 2. The number of fused-ring (bicyclic) bond motifs is 1. The van der Waals surface area contributed by atoms with Gasteiger partial charge in [0.1, 0.15) is 0 Å². The van der Waals surface area contributed by atoms with Gasteiger partial charge in [-0.05, 0) is 70.7 Å². The van der Waals surface area contributed by atoms with E-state index < -0.39 is 5.91 Å². The van der Waals surface area contributed by atoms with Crippen molar-refractivity contribution >= 4 is 38.9 Å². The number of carbonyl (C=O) groups excluding carboxylic acids is 1. The highest BCUT2D eigenvalue weighted by atomic mass is 79.9. The van der Waals surface area contributed by atoms with Crippen molar-refractivity contribution in [2.75, 3.05) is 17.2 Å². The van der Waals surface area contributed by atoms with Gasteiger partial charge in [0.25, 0.3) is 0 Å². The Kier molecular flexibility index (Phi) is 3.84. The molecule has 0 saturated heterocycles. The predicted molar refractivity (Wildman–Crippen MR) is 89.2 cm³/mol. The van der Waals surface area contributed by atoms with E-state index in [1.807, 2.05) is 18.2 Å². The molecule has 0 bridgehead atoms. The lowest BCUT2D eigenvalue weighted by atomic mass is 10.0. The summed E-state index contributed by atoms with van der Waals surface area (Å²) in [5.41, 5.74) is 10.3. The molecule has 4 nitrogen and oxygen atoms in total. The molecule has 21 heavy (non-hydrogen) atoms. The number of anilines is 3. The van der Waals surface area contributed by atoms with Gasteiger partial charge in [-0.15, -0.1) is 0 Å². The normalized spacial score (nSPS) is 13.2. The van der Waals surface area contributed by atoms with Crippen molar-refractivity contribution < 1.29 is 4.79 Å². The second-order valence-corrected chi connectivity index (χ2v) is 5.94. The molecule has 0 spiro atoms. The second-order valence-electron chi connectivity index (χ2n) is 5.09. The van der Waals surface area contributed by atoms with Crippen LogP contribution in [-0.2, 0) is 6.42 Å². The van der Waals surface area contributed by atoms with Crippen molar-refractivity contribution in [3.8, 4) is 0 Å². The molecule has 1 aliphatic heterocycles. The minimum atomic E-state index is -0.437. The fraction of sp³-hybridized carbons (Fsp3) is 0.188. The van der Waals surface area contributed by atoms with Crippen LogP contribution in [-0.4, -0.2) is 12.5 Å². The molecule has 0 radical (unpaired) electrons. The number of primary amides is 1. The van der Waals surface area contributed by atoms with Crippen LogP contribution in [0.15, 0.2) is 40.9 Å². The minimum Gasteiger partial charge on any atom is -0.385 e. The molecule has 1 heterocycles. The summed E-state index contributed by atoms with van der Waals surface area (Å²) in [6, 6.07) is 11.7. The topological polar surface area (TPSA) is 67.2 Å². The first kappa shape index (κ1) is 13.9. The van der Waals surface area contributed by atoms with Crippen LogP contribution in [0.25, 0.3) is 0 Å². The van der Waals surface area contributed by atoms with Crippen LogP contribution in [0.4, 0.5) is 17.1 Å². The number of hydrogen-bond donors (Lipinski definition) is 3. The van der Waals surface area contributed by atoms with Crippen molar-refractivity contribution in [3.05, 3.63) is 52.0 Å². The third kappa shape index (κ3) is 3.03. The van der Waals surface area contributed by atoms with Crippen LogP contribution >= 0.6 is 15.9 Å². The summed E-state index contributed by atoms with van der Waals surface area (Å²) in [7, 11) is 0. The van der Waals surface area contributed by atoms with Crippen molar-refractivity contribution in [2.24, 2.45) is 5.73 Å². The lowest BCUT2D eigenvalue weighted by molar-refractivity contribution is 0.0999. The van der Waals surface area contributed by atoms with Crippen molar-refractivity contribution in [1.82, 2.24) is 0 Å². The Balaban J connectivity index is 1.83. The van der Waals surface area contributed by atoms with Crippen LogP contribution in [0.5, 0.6) is 0 Å². The highest BCUT2D eigenvalue weighted by molar-refractivity contribution is 9.10. The Morgan fingerprint density at radius 1 is 1.19 bits per heavy atom. The highest BCUT2D eigenvalue weighted by Crippen LogP contribution is 2.28. The molecule has 0 saturated carbocycles. The number of carbonyl (C=O) groups is 1. The maximum absolute atomic E-state index is 11.2. The van der Waals surface area contributed by atoms with Gasteiger partial charge in [-0.2, -0.15) is 0 Å². The largest absolute Gasteiger partial charge is 0.385 e. The molecule has 1 aliphatic rings. The SMILES string of the molecule is NC(=O)c1ccc(Nc2ccc3c(c2)CCCN3)cc1Br. The van der Waals surface area contributed by atoms with E-state index in [-0.39, 0.29) is 0 Å². The Morgan fingerprint density at radius 3 is 2.71 bits per heavy atom. The number of nitrogens with two attached hydrogens (primary N) is 1. The molecular weight excluding hydrogens is 330 g/mol. The van der Waals surface area contributed by atoms with Crippen LogP contribution in [0, 0.1) is 0 Å². The fourth-order valence-electron chi connectivity index (χ4n) is 2.51. The van der Waals surface area contributed by atoms with Gasteiger partial charge in [0.15, 0.2) is 0 Å². The highest BCUT2D eigenvalue weighted by Gasteiger charge is 2.10.